The minimum Gasteiger partial charge on any atom is -0.393 e. The van der Waals surface area contributed by atoms with Crippen molar-refractivity contribution >= 4 is 42.1 Å². The Labute approximate surface area is 475 Å². The maximum atomic E-state index is 12.1. The Morgan fingerprint density at radius 1 is 0.519 bits per heavy atom. The lowest BCUT2D eigenvalue weighted by atomic mass is 9.97. The van der Waals surface area contributed by atoms with Crippen LogP contribution in [0.2, 0.25) is 0 Å². The number of ketones is 3. The summed E-state index contributed by atoms with van der Waals surface area (Å²) in [6.07, 6.45) is 57.3. The van der Waals surface area contributed by atoms with Crippen LogP contribution in [-0.2, 0) is 32.0 Å². The molecule has 5 unspecified atom stereocenters. The van der Waals surface area contributed by atoms with E-state index in [2.05, 4.69) is 39.9 Å². The van der Waals surface area contributed by atoms with Gasteiger partial charge in [0.2, 0.25) is 0 Å². The third-order valence-corrected chi connectivity index (χ3v) is 20.8. The molecule has 79 heavy (non-hydrogen) atoms. The highest BCUT2D eigenvalue weighted by Crippen LogP contribution is 2.49. The maximum Gasteiger partial charge on any atom is 0.167 e. The summed E-state index contributed by atoms with van der Waals surface area (Å²) in [7, 11) is 0. The molecule has 0 bridgehead atoms. The number of hydrogen-bond donors (Lipinski definition) is 5. The molecular weight excluding hydrogens is 1010 g/mol. The zero-order valence-corrected chi connectivity index (χ0v) is 47.9. The average molecular weight is 1110 g/mol. The van der Waals surface area contributed by atoms with Gasteiger partial charge in [-0.2, -0.15) is 0 Å². The van der Waals surface area contributed by atoms with Gasteiger partial charge in [0.1, 0.15) is 11.6 Å². The van der Waals surface area contributed by atoms with Crippen LogP contribution in [0, 0.1) is 71.0 Å². The zero-order valence-electron chi connectivity index (χ0n) is 47.0. The normalized spacial score (nSPS) is 35.2. The number of aldehydes is 1. The minimum atomic E-state index is 0. The quantitative estimate of drug-likeness (QED) is 0.0699. The lowest BCUT2D eigenvalue weighted by Crippen LogP contribution is -2.15. The fourth-order valence-corrected chi connectivity index (χ4v) is 16.7. The lowest BCUT2D eigenvalue weighted by molar-refractivity contribution is -0.124. The number of aromatic amines is 4. The summed E-state index contributed by atoms with van der Waals surface area (Å²) in [5.74, 6) is 9.77. The number of imidazole rings is 4. The second kappa shape index (κ2) is 29.4. The maximum absolute atomic E-state index is 12.1. The monoisotopic (exact) mass is 1100 g/mol. The number of nitrogens with zero attached hydrogens (tertiary/aromatic N) is 4. The van der Waals surface area contributed by atoms with Crippen LogP contribution in [-0.4, -0.2) is 86.9 Å². The summed E-state index contributed by atoms with van der Waals surface area (Å²) >= 11 is 0. The van der Waals surface area contributed by atoms with Gasteiger partial charge in [-0.3, -0.25) is 19.2 Å². The van der Waals surface area contributed by atoms with Crippen LogP contribution in [0.4, 0.5) is 0 Å². The molecule has 1 saturated heterocycles. The summed E-state index contributed by atoms with van der Waals surface area (Å²) in [6, 6.07) is 0. The van der Waals surface area contributed by atoms with E-state index in [1.54, 1.807) is 25.2 Å². The fourth-order valence-electron chi connectivity index (χ4n) is 16.7. The van der Waals surface area contributed by atoms with Crippen LogP contribution >= 0.6 is 12.4 Å². The second-order valence-corrected chi connectivity index (χ2v) is 25.7. The Hall–Kier alpha value is -4.53. The predicted molar refractivity (Wildman–Crippen MR) is 308 cm³/mol. The van der Waals surface area contributed by atoms with Gasteiger partial charge in [-0.1, -0.05) is 77.0 Å². The van der Waals surface area contributed by atoms with Crippen molar-refractivity contribution in [1.82, 2.24) is 39.9 Å². The number of aliphatic hydroxyl groups is 1. The van der Waals surface area contributed by atoms with Crippen LogP contribution in [0.3, 0.4) is 0 Å². The summed E-state index contributed by atoms with van der Waals surface area (Å²) in [4.78, 5) is 72.5. The number of nitrogens with one attached hydrogen (secondary N) is 4. The largest absolute Gasteiger partial charge is 0.393 e. The highest BCUT2D eigenvalue weighted by Gasteiger charge is 2.45. The number of carbonyl (C=O) groups excluding carboxylic acids is 4. The van der Waals surface area contributed by atoms with Gasteiger partial charge >= 0.3 is 0 Å². The fraction of sp³-hybridized carbons (Fsp3) is 0.719. The van der Waals surface area contributed by atoms with Gasteiger partial charge in [-0.05, 0) is 175 Å². The van der Waals surface area contributed by atoms with E-state index >= 15 is 0 Å². The van der Waals surface area contributed by atoms with Gasteiger partial charge in [-0.15, -0.1) is 12.4 Å². The first-order valence-electron chi connectivity index (χ1n) is 31.3. The van der Waals surface area contributed by atoms with Crippen molar-refractivity contribution in [3.63, 3.8) is 0 Å². The third-order valence-electron chi connectivity index (χ3n) is 20.8. The highest BCUT2D eigenvalue weighted by molar-refractivity contribution is 6.03. The minimum absolute atomic E-state index is 0. The summed E-state index contributed by atoms with van der Waals surface area (Å²) < 4.78 is 5.44. The van der Waals surface area contributed by atoms with Gasteiger partial charge in [0.15, 0.2) is 12.1 Å². The molecule has 1 aliphatic heterocycles. The molecule has 11 saturated carbocycles. The molecule has 4 aromatic rings. The number of ether oxygens (including phenoxy) is 1. The first-order chi connectivity index (χ1) is 38.3. The van der Waals surface area contributed by atoms with E-state index in [1.807, 2.05) is 18.5 Å². The third kappa shape index (κ3) is 16.1. The Balaban J connectivity index is 0.000000113. The Bertz CT molecular complexity index is 2460. The van der Waals surface area contributed by atoms with Crippen molar-refractivity contribution in [2.24, 2.45) is 71.0 Å². The Morgan fingerprint density at radius 2 is 1.09 bits per heavy atom. The molecule has 5 N–H and O–H groups in total. The van der Waals surface area contributed by atoms with Gasteiger partial charge in [-0.25, -0.2) is 19.9 Å². The number of allylic oxidation sites excluding steroid dienone is 1. The van der Waals surface area contributed by atoms with E-state index in [4.69, 9.17) is 4.74 Å². The number of Topliss-reactive ketones (excluding diaryl/α,β-unsaturated/α-hetero) is 3. The van der Waals surface area contributed by atoms with Crippen LogP contribution < -0.4 is 0 Å². The van der Waals surface area contributed by atoms with Gasteiger partial charge in [0.25, 0.3) is 0 Å². The van der Waals surface area contributed by atoms with E-state index in [1.165, 1.54) is 172 Å². The highest BCUT2D eigenvalue weighted by atomic mass is 35.5. The average Bonchev–Trinajstić information content (AvgIpc) is 4.32. The second-order valence-electron chi connectivity index (χ2n) is 25.7. The molecule has 12 aliphatic rings. The lowest BCUT2D eigenvalue weighted by Gasteiger charge is -2.10. The first-order valence-corrected chi connectivity index (χ1v) is 31.3. The van der Waals surface area contributed by atoms with Gasteiger partial charge in [0.05, 0.1) is 67.4 Å². The molecule has 16 rings (SSSR count). The molecule has 11 aliphatic carbocycles. The van der Waals surface area contributed by atoms with Crippen molar-refractivity contribution < 1.29 is 29.0 Å². The molecule has 0 amide bonds. The van der Waals surface area contributed by atoms with E-state index in [9.17, 15) is 24.3 Å². The molecule has 432 valence electrons. The van der Waals surface area contributed by atoms with Crippen LogP contribution in [0.1, 0.15) is 214 Å². The van der Waals surface area contributed by atoms with Gasteiger partial charge in [0, 0.05) is 53.9 Å². The van der Waals surface area contributed by atoms with Crippen LogP contribution in [0.25, 0.3) is 6.08 Å². The van der Waals surface area contributed by atoms with Crippen molar-refractivity contribution in [3.05, 3.63) is 78.4 Å². The Morgan fingerprint density at radius 3 is 1.68 bits per heavy atom. The number of halogens is 1. The zero-order chi connectivity index (χ0) is 53.6. The molecule has 0 spiro atoms. The summed E-state index contributed by atoms with van der Waals surface area (Å²) in [5.41, 5.74) is 4.88. The van der Waals surface area contributed by atoms with E-state index < -0.39 is 0 Å². The molecular formula is C64H93ClN8O6. The molecule has 4 aromatic heterocycles. The molecule has 0 aromatic carbocycles. The van der Waals surface area contributed by atoms with E-state index in [0.29, 0.717) is 77.0 Å². The molecule has 15 atom stereocenters. The molecule has 15 heteroatoms. The van der Waals surface area contributed by atoms with Crippen molar-refractivity contribution in [2.45, 2.75) is 217 Å². The van der Waals surface area contributed by atoms with E-state index in [0.717, 1.165) is 91.5 Å². The number of hydrogen-bond acceptors (Lipinski definition) is 10. The van der Waals surface area contributed by atoms with Crippen LogP contribution in [0.5, 0.6) is 0 Å². The van der Waals surface area contributed by atoms with Crippen molar-refractivity contribution in [2.75, 3.05) is 0 Å². The Kier molecular flexibility index (Phi) is 22.0. The summed E-state index contributed by atoms with van der Waals surface area (Å²) in [6.45, 7) is 0. The number of carbonyl (C=O) groups is 4. The van der Waals surface area contributed by atoms with Crippen molar-refractivity contribution in [3.8, 4) is 0 Å². The molecule has 0 radical (unpaired) electrons. The molecule has 5 heterocycles. The summed E-state index contributed by atoms with van der Waals surface area (Å²) in [5, 5.41) is 9.40. The molecule has 14 nitrogen and oxygen atoms in total. The standard InChI is InChI=1S/C12H16N2O.C12H14N2O.C12H18N2.C8H14O.C8H12O.C8H14O.C4H4N2O.ClH/c2*15-12-9(5-10-6-13-7-14-10)4-8-2-1-3-11(8)12;1-2-10-4-9(5-11(10)3-1)6-12-7-13-8-14-12;2*9-8-5-4-6-2-1-3-7(6)8;1-2-4-6-8-7(9-8)5-3-1;7-2-4-1-5-3-6-4;/h6-9,11H,1-5H2,(H,13,14);5-8,11H,1-4H2,(H,13,14);7-11H,1-6H2,(H,13,14);6-9H,1-5H2;6-7H,1-5H2;7-8H,1-6H2;1-3H,(H,5,6);1H/t8-,9?,11-;8-,11-;9?,10-,11+;6-,7-,8?;6-,7-;;;/m11.11.../s1. The number of aliphatic hydroxyl groups excluding tert-OH is 1. The van der Waals surface area contributed by atoms with E-state index in [-0.39, 0.29) is 24.4 Å². The van der Waals surface area contributed by atoms with Crippen molar-refractivity contribution in [1.29, 1.82) is 0 Å². The predicted octanol–water partition coefficient (Wildman–Crippen LogP) is 13.0. The van der Waals surface area contributed by atoms with Gasteiger partial charge < -0.3 is 29.8 Å². The molecule has 12 fully saturated rings. The first kappa shape index (κ1) is 59.1. The smallest absolute Gasteiger partial charge is 0.167 e. The number of rotatable bonds is 6. The number of aromatic nitrogens is 8. The SMILES string of the molecule is C1CCCC2OC2CC1.Cl.O=C1C(=Cc2cnc[nH]2)C[C@H]2CCC[C@@H]12.O=C1C(Cc2cnc[nH]2)C[C@H]2CCC[C@@H]12.O=C1CC[C@H]2CCC[C@@H]12.O=Cc1cnc[nH]1.OC1CC[C@H]2CCC[C@@H]12.c1ncc(CC2C[C@H]3CCC[C@H]3C2)[nH]1. The van der Waals surface area contributed by atoms with Crippen LogP contribution in [0.15, 0.2) is 55.7 Å². The number of epoxide rings is 1. The topological polar surface area (TPSA) is 216 Å². The number of H-pyrrole nitrogens is 4. The number of fused-ring (bicyclic) bond motifs is 6.